The van der Waals surface area contributed by atoms with Crippen molar-refractivity contribution in [3.8, 4) is 11.5 Å². The van der Waals surface area contributed by atoms with Gasteiger partial charge in [0.2, 0.25) is 0 Å². The lowest BCUT2D eigenvalue weighted by Crippen LogP contribution is -2.42. The van der Waals surface area contributed by atoms with E-state index in [0.29, 0.717) is 6.04 Å². The zero-order valence-corrected chi connectivity index (χ0v) is 14.1. The maximum atomic E-state index is 12.8. The first-order valence-corrected chi connectivity index (χ1v) is 8.62. The Hall–Kier alpha value is -2.33. The third kappa shape index (κ3) is 3.95. The Kier molecular flexibility index (Phi) is 5.49. The van der Waals surface area contributed by atoms with Crippen LogP contribution in [0.5, 0.6) is 11.5 Å². The van der Waals surface area contributed by atoms with E-state index in [1.807, 2.05) is 59.5 Å². The molecule has 126 valence electrons. The van der Waals surface area contributed by atoms with Crippen LogP contribution < -0.4 is 10.1 Å². The minimum absolute atomic E-state index is 0.108. The van der Waals surface area contributed by atoms with Gasteiger partial charge < -0.3 is 15.0 Å². The van der Waals surface area contributed by atoms with Crippen LogP contribution in [0.15, 0.2) is 54.6 Å². The summed E-state index contributed by atoms with van der Waals surface area (Å²) in [5.74, 6) is 1.64. The summed E-state index contributed by atoms with van der Waals surface area (Å²) in [5, 5.41) is 3.34. The number of amides is 1. The van der Waals surface area contributed by atoms with Gasteiger partial charge in [-0.1, -0.05) is 25.1 Å². The van der Waals surface area contributed by atoms with Crippen LogP contribution in [-0.2, 0) is 0 Å². The van der Waals surface area contributed by atoms with Crippen LogP contribution in [0.3, 0.4) is 0 Å². The molecule has 0 saturated carbocycles. The summed E-state index contributed by atoms with van der Waals surface area (Å²) in [6.07, 6.45) is 2.00. The van der Waals surface area contributed by atoms with Gasteiger partial charge in [0.1, 0.15) is 11.5 Å². The van der Waals surface area contributed by atoms with E-state index in [0.717, 1.165) is 49.5 Å². The SMILES string of the molecule is CCCN(C(=O)c1ccc(Oc2ccccc2)cc1)C1CCNC1. The summed E-state index contributed by atoms with van der Waals surface area (Å²) in [4.78, 5) is 14.9. The number of carbonyl (C=O) groups is 1. The van der Waals surface area contributed by atoms with Crippen molar-refractivity contribution < 1.29 is 9.53 Å². The molecule has 24 heavy (non-hydrogen) atoms. The summed E-state index contributed by atoms with van der Waals surface area (Å²) in [7, 11) is 0. The summed E-state index contributed by atoms with van der Waals surface area (Å²) in [5.41, 5.74) is 0.718. The Labute approximate surface area is 143 Å². The summed E-state index contributed by atoms with van der Waals surface area (Å²) >= 11 is 0. The second kappa shape index (κ2) is 7.97. The number of nitrogens with zero attached hydrogens (tertiary/aromatic N) is 1. The van der Waals surface area contributed by atoms with Crippen molar-refractivity contribution >= 4 is 5.91 Å². The van der Waals surface area contributed by atoms with Gasteiger partial charge in [-0.25, -0.2) is 0 Å². The lowest BCUT2D eigenvalue weighted by molar-refractivity contribution is 0.0692. The molecule has 1 unspecified atom stereocenters. The third-order valence-corrected chi connectivity index (χ3v) is 4.28. The van der Waals surface area contributed by atoms with Crippen molar-refractivity contribution in [2.75, 3.05) is 19.6 Å². The second-order valence-corrected chi connectivity index (χ2v) is 6.08. The Morgan fingerprint density at radius 3 is 2.46 bits per heavy atom. The molecule has 1 saturated heterocycles. The largest absolute Gasteiger partial charge is 0.457 e. The normalized spacial score (nSPS) is 16.8. The summed E-state index contributed by atoms with van der Waals surface area (Å²) < 4.78 is 5.79. The summed E-state index contributed by atoms with van der Waals surface area (Å²) in [6, 6.07) is 17.4. The molecular formula is C20H24N2O2. The molecule has 0 aliphatic carbocycles. The van der Waals surface area contributed by atoms with Crippen LogP contribution in [0.2, 0.25) is 0 Å². The first kappa shape index (κ1) is 16.5. The number of benzene rings is 2. The highest BCUT2D eigenvalue weighted by molar-refractivity contribution is 5.94. The number of rotatable bonds is 6. The highest BCUT2D eigenvalue weighted by Crippen LogP contribution is 2.22. The maximum absolute atomic E-state index is 12.8. The molecule has 1 N–H and O–H groups in total. The molecular weight excluding hydrogens is 300 g/mol. The molecule has 1 heterocycles. The third-order valence-electron chi connectivity index (χ3n) is 4.28. The molecule has 4 heteroatoms. The van der Waals surface area contributed by atoms with Crippen molar-refractivity contribution in [1.29, 1.82) is 0 Å². The molecule has 2 aromatic carbocycles. The number of carbonyl (C=O) groups excluding carboxylic acids is 1. The molecule has 3 rings (SSSR count). The fraction of sp³-hybridized carbons (Fsp3) is 0.350. The zero-order valence-electron chi connectivity index (χ0n) is 14.1. The Morgan fingerprint density at radius 2 is 1.83 bits per heavy atom. The maximum Gasteiger partial charge on any atom is 0.254 e. The van der Waals surface area contributed by atoms with Crippen LogP contribution in [0.25, 0.3) is 0 Å². The highest BCUT2D eigenvalue weighted by Gasteiger charge is 2.26. The van der Waals surface area contributed by atoms with E-state index in [1.54, 1.807) is 0 Å². The standard InChI is InChI=1S/C20H24N2O2/c1-2-14-22(17-12-13-21-15-17)20(23)16-8-10-19(11-9-16)24-18-6-4-3-5-7-18/h3-11,17,21H,2,12-15H2,1H3. The van der Waals surface area contributed by atoms with Crippen LogP contribution in [0.1, 0.15) is 30.1 Å². The van der Waals surface area contributed by atoms with Crippen LogP contribution in [-0.4, -0.2) is 36.5 Å². The topological polar surface area (TPSA) is 41.6 Å². The smallest absolute Gasteiger partial charge is 0.254 e. The van der Waals surface area contributed by atoms with Crippen molar-refractivity contribution in [1.82, 2.24) is 10.2 Å². The van der Waals surface area contributed by atoms with E-state index < -0.39 is 0 Å². The van der Waals surface area contributed by atoms with E-state index in [4.69, 9.17) is 4.74 Å². The van der Waals surface area contributed by atoms with Crippen LogP contribution in [0, 0.1) is 0 Å². The van der Waals surface area contributed by atoms with Gasteiger partial charge in [0, 0.05) is 24.7 Å². The second-order valence-electron chi connectivity index (χ2n) is 6.08. The molecule has 1 atom stereocenters. The lowest BCUT2D eigenvalue weighted by atomic mass is 10.1. The minimum Gasteiger partial charge on any atom is -0.457 e. The molecule has 1 aliphatic rings. The Balaban J connectivity index is 1.70. The number of hydrogen-bond acceptors (Lipinski definition) is 3. The zero-order chi connectivity index (χ0) is 16.8. The molecule has 0 radical (unpaired) electrons. The minimum atomic E-state index is 0.108. The highest BCUT2D eigenvalue weighted by atomic mass is 16.5. The van der Waals surface area contributed by atoms with Crippen molar-refractivity contribution in [2.24, 2.45) is 0 Å². The fourth-order valence-corrected chi connectivity index (χ4v) is 3.05. The predicted molar refractivity (Wildman–Crippen MR) is 95.6 cm³/mol. The van der Waals surface area contributed by atoms with E-state index in [2.05, 4.69) is 12.2 Å². The molecule has 1 aliphatic heterocycles. The van der Waals surface area contributed by atoms with Gasteiger partial charge in [-0.05, 0) is 55.8 Å². The molecule has 0 aromatic heterocycles. The number of nitrogens with one attached hydrogen (secondary N) is 1. The van der Waals surface area contributed by atoms with Gasteiger partial charge in [-0.3, -0.25) is 4.79 Å². The van der Waals surface area contributed by atoms with Gasteiger partial charge in [0.05, 0.1) is 0 Å². The molecule has 2 aromatic rings. The lowest BCUT2D eigenvalue weighted by Gasteiger charge is -2.28. The van der Waals surface area contributed by atoms with Gasteiger partial charge in [-0.15, -0.1) is 0 Å². The van der Waals surface area contributed by atoms with Gasteiger partial charge in [-0.2, -0.15) is 0 Å². The molecule has 0 bridgehead atoms. The Bertz CT molecular complexity index is 649. The van der Waals surface area contributed by atoms with Crippen molar-refractivity contribution in [2.45, 2.75) is 25.8 Å². The van der Waals surface area contributed by atoms with Crippen LogP contribution in [0.4, 0.5) is 0 Å². The van der Waals surface area contributed by atoms with Crippen molar-refractivity contribution in [3.05, 3.63) is 60.2 Å². The first-order valence-electron chi connectivity index (χ1n) is 8.62. The van der Waals surface area contributed by atoms with E-state index in [9.17, 15) is 4.79 Å². The average molecular weight is 324 g/mol. The molecule has 4 nitrogen and oxygen atoms in total. The monoisotopic (exact) mass is 324 g/mol. The van der Waals surface area contributed by atoms with Crippen LogP contribution >= 0.6 is 0 Å². The van der Waals surface area contributed by atoms with E-state index >= 15 is 0 Å². The predicted octanol–water partition coefficient (Wildman–Crippen LogP) is 3.69. The summed E-state index contributed by atoms with van der Waals surface area (Å²) in [6.45, 7) is 4.79. The van der Waals surface area contributed by atoms with Gasteiger partial charge in [0.15, 0.2) is 0 Å². The number of hydrogen-bond donors (Lipinski definition) is 1. The van der Waals surface area contributed by atoms with E-state index in [-0.39, 0.29) is 5.91 Å². The quantitative estimate of drug-likeness (QED) is 0.881. The fourth-order valence-electron chi connectivity index (χ4n) is 3.05. The molecule has 1 fully saturated rings. The molecule has 1 amide bonds. The van der Waals surface area contributed by atoms with Gasteiger partial charge >= 0.3 is 0 Å². The van der Waals surface area contributed by atoms with Gasteiger partial charge in [0.25, 0.3) is 5.91 Å². The number of ether oxygens (including phenoxy) is 1. The van der Waals surface area contributed by atoms with E-state index in [1.165, 1.54) is 0 Å². The molecule has 0 spiro atoms. The average Bonchev–Trinajstić information content (AvgIpc) is 3.15. The Morgan fingerprint density at radius 1 is 1.12 bits per heavy atom. The number of para-hydroxylation sites is 1. The van der Waals surface area contributed by atoms with Crippen molar-refractivity contribution in [3.63, 3.8) is 0 Å². The first-order chi connectivity index (χ1) is 11.8.